The van der Waals surface area contributed by atoms with Crippen molar-refractivity contribution in [2.24, 2.45) is 0 Å². The molecular weight excluding hydrogens is 388 g/mol. The summed E-state index contributed by atoms with van der Waals surface area (Å²) in [6, 6.07) is 3.66. The lowest BCUT2D eigenvalue weighted by Crippen LogP contribution is -2.41. The van der Waals surface area contributed by atoms with Crippen molar-refractivity contribution in [1.29, 1.82) is 0 Å². The van der Waals surface area contributed by atoms with Crippen molar-refractivity contribution in [3.05, 3.63) is 22.2 Å². The molecule has 0 saturated heterocycles. The van der Waals surface area contributed by atoms with Crippen LogP contribution >= 0.6 is 15.9 Å². The van der Waals surface area contributed by atoms with E-state index < -0.39 is 0 Å². The van der Waals surface area contributed by atoms with Gasteiger partial charge in [-0.1, -0.05) is 15.9 Å². The van der Waals surface area contributed by atoms with E-state index in [2.05, 4.69) is 21.2 Å². The van der Waals surface area contributed by atoms with Crippen LogP contribution in [0.5, 0.6) is 11.5 Å². The molecule has 6 nitrogen and oxygen atoms in total. The molecule has 25 heavy (non-hydrogen) atoms. The van der Waals surface area contributed by atoms with E-state index in [1.54, 1.807) is 13.1 Å². The molecule has 0 spiro atoms. The number of rotatable bonds is 9. The minimum Gasteiger partial charge on any atom is -0.490 e. The van der Waals surface area contributed by atoms with Crippen LogP contribution in [0.1, 0.15) is 33.3 Å². The number of likely N-dealkylation sites (N-methyl/N-ethyl adjacent to an activating group) is 1. The fourth-order valence-electron chi connectivity index (χ4n) is 2.22. The molecule has 2 amide bonds. The maximum atomic E-state index is 12.4. The third-order valence-corrected chi connectivity index (χ3v) is 4.05. The summed E-state index contributed by atoms with van der Waals surface area (Å²) in [7, 11) is 1.62. The Morgan fingerprint density at radius 2 is 1.72 bits per heavy atom. The largest absolute Gasteiger partial charge is 0.490 e. The number of hydrogen-bond acceptors (Lipinski definition) is 4. The molecule has 7 heteroatoms. The summed E-state index contributed by atoms with van der Waals surface area (Å²) in [6.45, 7) is 8.62. The summed E-state index contributed by atoms with van der Waals surface area (Å²) in [4.78, 5) is 25.6. The molecule has 1 aromatic rings. The molecule has 0 aliphatic carbocycles. The summed E-state index contributed by atoms with van der Waals surface area (Å²) in [6.07, 6.45) is 0.165. The first-order valence-electron chi connectivity index (χ1n) is 8.39. The van der Waals surface area contributed by atoms with E-state index in [0.29, 0.717) is 24.7 Å². The molecule has 0 bridgehead atoms. The van der Waals surface area contributed by atoms with Gasteiger partial charge in [-0.25, -0.2) is 0 Å². The number of carbonyl (C=O) groups is 2. The summed E-state index contributed by atoms with van der Waals surface area (Å²) in [5.41, 5.74) is 0.785. The van der Waals surface area contributed by atoms with Crippen LogP contribution in [-0.4, -0.2) is 49.6 Å². The van der Waals surface area contributed by atoms with E-state index in [1.807, 2.05) is 33.8 Å². The van der Waals surface area contributed by atoms with E-state index in [-0.39, 0.29) is 30.8 Å². The molecule has 0 atom stereocenters. The average Bonchev–Trinajstić information content (AvgIpc) is 2.51. The van der Waals surface area contributed by atoms with Crippen LogP contribution in [0.25, 0.3) is 0 Å². The topological polar surface area (TPSA) is 67.9 Å². The number of benzene rings is 1. The summed E-state index contributed by atoms with van der Waals surface area (Å²) < 4.78 is 11.9. The SMILES string of the molecule is CCOc1cc(Br)c(CC(=O)N(C)CC(=O)NC(C)C)cc1OCC. The number of ether oxygens (including phenoxy) is 2. The summed E-state index contributed by atoms with van der Waals surface area (Å²) in [5.74, 6) is 0.922. The molecule has 0 fully saturated rings. The van der Waals surface area contributed by atoms with Crippen LogP contribution in [-0.2, 0) is 16.0 Å². The van der Waals surface area contributed by atoms with Crippen LogP contribution in [0, 0.1) is 0 Å². The normalized spacial score (nSPS) is 10.5. The Labute approximate surface area is 158 Å². The molecule has 0 aliphatic heterocycles. The molecule has 140 valence electrons. The van der Waals surface area contributed by atoms with Gasteiger partial charge in [0, 0.05) is 17.6 Å². The average molecular weight is 415 g/mol. The van der Waals surface area contributed by atoms with Gasteiger partial charge >= 0.3 is 0 Å². The van der Waals surface area contributed by atoms with Gasteiger partial charge in [-0.3, -0.25) is 9.59 Å². The van der Waals surface area contributed by atoms with E-state index in [4.69, 9.17) is 9.47 Å². The van der Waals surface area contributed by atoms with Crippen LogP contribution in [0.15, 0.2) is 16.6 Å². The molecule has 0 saturated carbocycles. The lowest BCUT2D eigenvalue weighted by Gasteiger charge is -2.19. The number of halogens is 1. The first kappa shape index (κ1) is 21.3. The highest BCUT2D eigenvalue weighted by molar-refractivity contribution is 9.10. The molecule has 1 aromatic carbocycles. The molecular formula is C18H27BrN2O4. The Hall–Kier alpha value is -1.76. The van der Waals surface area contributed by atoms with Crippen molar-refractivity contribution in [3.63, 3.8) is 0 Å². The van der Waals surface area contributed by atoms with E-state index >= 15 is 0 Å². The monoisotopic (exact) mass is 414 g/mol. The smallest absolute Gasteiger partial charge is 0.239 e. The zero-order valence-electron chi connectivity index (χ0n) is 15.5. The lowest BCUT2D eigenvalue weighted by atomic mass is 10.1. The Morgan fingerprint density at radius 1 is 1.16 bits per heavy atom. The summed E-state index contributed by atoms with van der Waals surface area (Å²) >= 11 is 3.48. The molecule has 0 unspecified atom stereocenters. The molecule has 0 radical (unpaired) electrons. The fourth-order valence-corrected chi connectivity index (χ4v) is 2.68. The first-order chi connectivity index (χ1) is 11.8. The van der Waals surface area contributed by atoms with Gasteiger partial charge in [0.2, 0.25) is 11.8 Å². The maximum absolute atomic E-state index is 12.4. The second-order valence-corrected chi connectivity index (χ2v) is 6.76. The predicted octanol–water partition coefficient (Wildman–Crippen LogP) is 2.77. The van der Waals surface area contributed by atoms with Gasteiger partial charge in [0.25, 0.3) is 0 Å². The standard InChI is InChI=1S/C18H27BrN2O4/c1-6-24-15-8-13(14(19)10-16(15)25-7-2)9-18(23)21(5)11-17(22)20-12(3)4/h8,10,12H,6-7,9,11H2,1-5H3,(H,20,22). The van der Waals surface area contributed by atoms with E-state index in [9.17, 15) is 9.59 Å². The number of carbonyl (C=O) groups excluding carboxylic acids is 2. The minimum absolute atomic E-state index is 0.0317. The molecule has 0 heterocycles. The van der Waals surface area contributed by atoms with Crippen LogP contribution in [0.3, 0.4) is 0 Å². The van der Waals surface area contributed by atoms with Crippen molar-refractivity contribution < 1.29 is 19.1 Å². The number of amides is 2. The zero-order chi connectivity index (χ0) is 19.0. The highest BCUT2D eigenvalue weighted by Gasteiger charge is 2.17. The lowest BCUT2D eigenvalue weighted by molar-refractivity contribution is -0.134. The fraction of sp³-hybridized carbons (Fsp3) is 0.556. The van der Waals surface area contributed by atoms with Crippen LogP contribution in [0.2, 0.25) is 0 Å². The first-order valence-corrected chi connectivity index (χ1v) is 9.19. The second-order valence-electron chi connectivity index (χ2n) is 5.91. The molecule has 0 aliphatic rings. The molecule has 0 aromatic heterocycles. The third kappa shape index (κ3) is 6.94. The van der Waals surface area contributed by atoms with E-state index in [1.165, 1.54) is 4.90 Å². The third-order valence-electron chi connectivity index (χ3n) is 3.31. The Bertz CT molecular complexity index is 605. The number of nitrogens with one attached hydrogen (secondary N) is 1. The van der Waals surface area contributed by atoms with Gasteiger partial charge in [0.1, 0.15) is 0 Å². The van der Waals surface area contributed by atoms with Crippen LogP contribution in [0.4, 0.5) is 0 Å². The minimum atomic E-state index is -0.174. The van der Waals surface area contributed by atoms with Gasteiger partial charge in [-0.15, -0.1) is 0 Å². The van der Waals surface area contributed by atoms with Gasteiger partial charge in [0.05, 0.1) is 26.2 Å². The van der Waals surface area contributed by atoms with Crippen molar-refractivity contribution in [2.45, 2.75) is 40.2 Å². The predicted molar refractivity (Wildman–Crippen MR) is 101 cm³/mol. The Kier molecular flexibility index (Phi) is 8.75. The second kappa shape index (κ2) is 10.3. The zero-order valence-corrected chi connectivity index (χ0v) is 17.1. The van der Waals surface area contributed by atoms with Crippen molar-refractivity contribution in [1.82, 2.24) is 10.2 Å². The highest BCUT2D eigenvalue weighted by atomic mass is 79.9. The highest BCUT2D eigenvalue weighted by Crippen LogP contribution is 2.34. The Morgan fingerprint density at radius 3 is 2.24 bits per heavy atom. The Balaban J connectivity index is 2.85. The molecule has 1 N–H and O–H groups in total. The maximum Gasteiger partial charge on any atom is 0.239 e. The van der Waals surface area contributed by atoms with Gasteiger partial charge in [-0.05, 0) is 45.4 Å². The quantitative estimate of drug-likeness (QED) is 0.674. The number of nitrogens with zero attached hydrogens (tertiary/aromatic N) is 1. The van der Waals surface area contributed by atoms with Gasteiger partial charge < -0.3 is 19.7 Å². The number of hydrogen-bond donors (Lipinski definition) is 1. The van der Waals surface area contributed by atoms with Crippen molar-refractivity contribution in [3.8, 4) is 11.5 Å². The van der Waals surface area contributed by atoms with Gasteiger partial charge in [0.15, 0.2) is 11.5 Å². The van der Waals surface area contributed by atoms with Gasteiger partial charge in [-0.2, -0.15) is 0 Å². The molecule has 1 rings (SSSR count). The van der Waals surface area contributed by atoms with Crippen LogP contribution < -0.4 is 14.8 Å². The van der Waals surface area contributed by atoms with Crippen molar-refractivity contribution >= 4 is 27.7 Å². The summed E-state index contributed by atoms with van der Waals surface area (Å²) in [5, 5.41) is 2.77. The van der Waals surface area contributed by atoms with E-state index in [0.717, 1.165) is 10.0 Å². The van der Waals surface area contributed by atoms with Crippen molar-refractivity contribution in [2.75, 3.05) is 26.8 Å².